The number of halogens is 1. The molecule has 0 aliphatic carbocycles. The number of fused-ring (bicyclic) bond motifs is 1. The number of amides is 1. The Bertz CT molecular complexity index is 1290. The molecule has 5 rings (SSSR count). The Morgan fingerprint density at radius 3 is 2.53 bits per heavy atom. The van der Waals surface area contributed by atoms with Gasteiger partial charge in [0.05, 0.1) is 12.8 Å². The van der Waals surface area contributed by atoms with E-state index in [1.165, 1.54) is 19.2 Å². The van der Waals surface area contributed by atoms with E-state index >= 15 is 0 Å². The minimum Gasteiger partial charge on any atom is -0.466 e. The molecule has 1 aliphatic rings. The second kappa shape index (κ2) is 8.03. The predicted octanol–water partition coefficient (Wildman–Crippen LogP) is 4.06. The van der Waals surface area contributed by atoms with Crippen molar-refractivity contribution in [2.45, 2.75) is 0 Å². The highest BCUT2D eigenvalue weighted by molar-refractivity contribution is 6.04. The number of hydrogen-bond acceptors (Lipinski definition) is 6. The first kappa shape index (κ1) is 19.6. The molecule has 1 aromatic heterocycles. The summed E-state index contributed by atoms with van der Waals surface area (Å²) >= 11 is 0. The Kier molecular flexibility index (Phi) is 4.91. The number of methoxy groups -OCH3 is 1. The van der Waals surface area contributed by atoms with E-state index in [1.807, 2.05) is 0 Å². The van der Waals surface area contributed by atoms with Crippen molar-refractivity contribution >= 4 is 11.6 Å². The summed E-state index contributed by atoms with van der Waals surface area (Å²) in [5.74, 6) is 1.05. The molecule has 0 radical (unpaired) electrons. The molecule has 0 unspecified atom stereocenters. The standard InChI is InChI=1S/C23H17FN4O4/c1-30-23-26-21(14-2-5-16(24)6-3-14)28(27-23)18-9-7-17(8-10-18)25-22(29)15-4-11-19-20(12-15)32-13-31-19/h2-12H,13H2,1H3,(H,25,29). The van der Waals surface area contributed by atoms with Gasteiger partial charge in [-0.15, -0.1) is 5.10 Å². The number of anilines is 1. The van der Waals surface area contributed by atoms with Crippen molar-refractivity contribution in [1.82, 2.24) is 14.8 Å². The molecule has 0 bridgehead atoms. The third-order valence-corrected chi connectivity index (χ3v) is 4.88. The van der Waals surface area contributed by atoms with Gasteiger partial charge in [0, 0.05) is 16.8 Å². The first-order chi connectivity index (χ1) is 15.6. The van der Waals surface area contributed by atoms with Gasteiger partial charge >= 0.3 is 6.01 Å². The van der Waals surface area contributed by atoms with Crippen LogP contribution >= 0.6 is 0 Å². The molecule has 0 spiro atoms. The summed E-state index contributed by atoms with van der Waals surface area (Å²) in [6.45, 7) is 0.148. The van der Waals surface area contributed by atoms with Crippen LogP contribution in [0.25, 0.3) is 17.1 Å². The lowest BCUT2D eigenvalue weighted by Gasteiger charge is -2.09. The average Bonchev–Trinajstić information content (AvgIpc) is 3.46. The molecule has 3 aromatic carbocycles. The number of benzene rings is 3. The maximum atomic E-state index is 13.3. The van der Waals surface area contributed by atoms with Gasteiger partial charge in [0.1, 0.15) is 5.82 Å². The quantitative estimate of drug-likeness (QED) is 0.512. The second-order valence-electron chi connectivity index (χ2n) is 6.91. The first-order valence-electron chi connectivity index (χ1n) is 9.69. The van der Waals surface area contributed by atoms with Crippen molar-refractivity contribution in [2.75, 3.05) is 19.2 Å². The summed E-state index contributed by atoms with van der Waals surface area (Å²) < 4.78 is 30.7. The predicted molar refractivity (Wildman–Crippen MR) is 114 cm³/mol. The highest BCUT2D eigenvalue weighted by atomic mass is 19.1. The van der Waals surface area contributed by atoms with Crippen LogP contribution in [0.2, 0.25) is 0 Å². The van der Waals surface area contributed by atoms with Crippen molar-refractivity contribution in [3.05, 3.63) is 78.1 Å². The van der Waals surface area contributed by atoms with Crippen LogP contribution in [0.15, 0.2) is 66.7 Å². The first-order valence-corrected chi connectivity index (χ1v) is 9.69. The summed E-state index contributed by atoms with van der Waals surface area (Å²) in [5.41, 5.74) is 2.44. The van der Waals surface area contributed by atoms with Gasteiger partial charge < -0.3 is 19.5 Å². The van der Waals surface area contributed by atoms with Crippen molar-refractivity contribution in [3.63, 3.8) is 0 Å². The molecule has 32 heavy (non-hydrogen) atoms. The van der Waals surface area contributed by atoms with Gasteiger partial charge in [-0.25, -0.2) is 9.07 Å². The van der Waals surface area contributed by atoms with E-state index in [0.29, 0.717) is 39.8 Å². The highest BCUT2D eigenvalue weighted by Gasteiger charge is 2.17. The third-order valence-electron chi connectivity index (χ3n) is 4.88. The zero-order chi connectivity index (χ0) is 22.1. The van der Waals surface area contributed by atoms with Gasteiger partial charge in [-0.1, -0.05) is 0 Å². The molecule has 1 amide bonds. The molecular formula is C23H17FN4O4. The van der Waals surface area contributed by atoms with Gasteiger partial charge in [-0.2, -0.15) is 4.98 Å². The van der Waals surface area contributed by atoms with E-state index in [-0.39, 0.29) is 24.5 Å². The van der Waals surface area contributed by atoms with Crippen LogP contribution in [0.1, 0.15) is 10.4 Å². The van der Waals surface area contributed by atoms with Crippen molar-refractivity contribution in [2.24, 2.45) is 0 Å². The summed E-state index contributed by atoms with van der Waals surface area (Å²) in [6.07, 6.45) is 0. The lowest BCUT2D eigenvalue weighted by molar-refractivity contribution is 0.102. The lowest BCUT2D eigenvalue weighted by atomic mass is 10.2. The Balaban J connectivity index is 1.38. The van der Waals surface area contributed by atoms with E-state index < -0.39 is 0 Å². The molecular weight excluding hydrogens is 415 g/mol. The highest BCUT2D eigenvalue weighted by Crippen LogP contribution is 2.32. The smallest absolute Gasteiger partial charge is 0.336 e. The normalized spacial score (nSPS) is 11.9. The monoisotopic (exact) mass is 432 g/mol. The van der Waals surface area contributed by atoms with E-state index in [0.717, 1.165) is 0 Å². The molecule has 8 nitrogen and oxygen atoms in total. The molecule has 0 atom stereocenters. The fourth-order valence-electron chi connectivity index (χ4n) is 3.27. The molecule has 9 heteroatoms. The minimum atomic E-state index is -0.339. The van der Waals surface area contributed by atoms with Gasteiger partial charge in [-0.3, -0.25) is 4.79 Å². The van der Waals surface area contributed by atoms with Gasteiger partial charge in [0.15, 0.2) is 17.3 Å². The fourth-order valence-corrected chi connectivity index (χ4v) is 3.27. The molecule has 0 saturated carbocycles. The summed E-state index contributed by atoms with van der Waals surface area (Å²) in [4.78, 5) is 17.0. The Hall–Kier alpha value is -4.40. The summed E-state index contributed by atoms with van der Waals surface area (Å²) in [5, 5.41) is 7.20. The summed E-state index contributed by atoms with van der Waals surface area (Å²) in [7, 11) is 1.48. The van der Waals surface area contributed by atoms with Crippen molar-refractivity contribution in [1.29, 1.82) is 0 Å². The molecule has 2 heterocycles. The Morgan fingerprint density at radius 1 is 1.03 bits per heavy atom. The molecule has 1 N–H and O–H groups in total. The van der Waals surface area contributed by atoms with Gasteiger partial charge in [0.25, 0.3) is 5.91 Å². The Labute approximate surface area is 182 Å². The number of nitrogens with zero attached hydrogens (tertiary/aromatic N) is 3. The maximum absolute atomic E-state index is 13.3. The zero-order valence-electron chi connectivity index (χ0n) is 16.9. The van der Waals surface area contributed by atoms with Crippen LogP contribution in [0.4, 0.5) is 10.1 Å². The molecule has 0 fully saturated rings. The van der Waals surface area contributed by atoms with Crippen LogP contribution < -0.4 is 19.5 Å². The van der Waals surface area contributed by atoms with Crippen molar-refractivity contribution in [3.8, 4) is 34.6 Å². The van der Waals surface area contributed by atoms with Crippen molar-refractivity contribution < 1.29 is 23.4 Å². The van der Waals surface area contributed by atoms with Gasteiger partial charge in [0.2, 0.25) is 6.79 Å². The molecule has 160 valence electrons. The van der Waals surface area contributed by atoms with Crippen LogP contribution in [-0.2, 0) is 0 Å². The lowest BCUT2D eigenvalue weighted by Crippen LogP contribution is -2.11. The molecule has 1 aliphatic heterocycles. The number of rotatable bonds is 5. The maximum Gasteiger partial charge on any atom is 0.336 e. The zero-order valence-corrected chi connectivity index (χ0v) is 16.9. The summed E-state index contributed by atoms with van der Waals surface area (Å²) in [6, 6.07) is 18.2. The largest absolute Gasteiger partial charge is 0.466 e. The van der Waals surface area contributed by atoms with Crippen LogP contribution in [0.5, 0.6) is 17.5 Å². The molecule has 0 saturated heterocycles. The van der Waals surface area contributed by atoms with E-state index in [2.05, 4.69) is 15.4 Å². The van der Waals surface area contributed by atoms with Crippen LogP contribution in [0, 0.1) is 5.82 Å². The number of aromatic nitrogens is 3. The minimum absolute atomic E-state index is 0.148. The third kappa shape index (κ3) is 3.71. The van der Waals surface area contributed by atoms with E-state index in [9.17, 15) is 9.18 Å². The average molecular weight is 432 g/mol. The van der Waals surface area contributed by atoms with Gasteiger partial charge in [-0.05, 0) is 66.7 Å². The number of nitrogens with one attached hydrogen (secondary N) is 1. The van der Waals surface area contributed by atoms with E-state index in [1.54, 1.807) is 59.3 Å². The number of ether oxygens (including phenoxy) is 3. The van der Waals surface area contributed by atoms with E-state index in [4.69, 9.17) is 14.2 Å². The SMILES string of the molecule is COc1nc(-c2ccc(F)cc2)n(-c2ccc(NC(=O)c3ccc4c(c3)OCO4)cc2)n1. The fraction of sp³-hybridized carbons (Fsp3) is 0.0870. The molecule has 4 aromatic rings. The number of hydrogen-bond donors (Lipinski definition) is 1. The Morgan fingerprint density at radius 2 is 1.78 bits per heavy atom. The van der Waals surface area contributed by atoms with Crippen LogP contribution in [0.3, 0.4) is 0 Å². The number of carbonyl (C=O) groups excluding carboxylic acids is 1. The van der Waals surface area contributed by atoms with Crippen LogP contribution in [-0.4, -0.2) is 34.6 Å². The number of carbonyl (C=O) groups is 1. The topological polar surface area (TPSA) is 87.5 Å². The second-order valence-corrected chi connectivity index (χ2v) is 6.91.